The summed E-state index contributed by atoms with van der Waals surface area (Å²) in [6.07, 6.45) is 39.4. The zero-order valence-corrected chi connectivity index (χ0v) is 28.8. The van der Waals surface area contributed by atoms with E-state index in [9.17, 15) is 4.79 Å². The summed E-state index contributed by atoms with van der Waals surface area (Å²) in [4.78, 5) is 14.3. The standard InChI is InChI=1S/C38H75NO2/c1-5-7-9-11-13-15-17-19-26-36(27-20-18-16-14-12-10-8-6-2)28-21-22-30-38(32-33-38)31-25-29-37(40)41-35-24-23-34-39(3)4/h36H,5-35H2,1-4H3. The summed E-state index contributed by atoms with van der Waals surface area (Å²) >= 11 is 0. The van der Waals surface area contributed by atoms with Gasteiger partial charge in [-0.05, 0) is 76.9 Å². The molecule has 1 aliphatic rings. The fourth-order valence-electron chi connectivity index (χ4n) is 6.70. The van der Waals surface area contributed by atoms with Crippen molar-refractivity contribution in [1.29, 1.82) is 0 Å². The molecule has 0 spiro atoms. The molecular formula is C38H75NO2. The molecule has 1 aliphatic carbocycles. The van der Waals surface area contributed by atoms with Crippen molar-refractivity contribution < 1.29 is 9.53 Å². The Morgan fingerprint density at radius 3 is 1.56 bits per heavy atom. The second-order valence-corrected chi connectivity index (χ2v) is 14.2. The van der Waals surface area contributed by atoms with Crippen LogP contribution in [0.5, 0.6) is 0 Å². The number of hydrogen-bond acceptors (Lipinski definition) is 3. The molecule has 0 saturated heterocycles. The molecular weight excluding hydrogens is 502 g/mol. The minimum absolute atomic E-state index is 0.0235. The van der Waals surface area contributed by atoms with Crippen LogP contribution in [0.15, 0.2) is 0 Å². The molecule has 41 heavy (non-hydrogen) atoms. The van der Waals surface area contributed by atoms with E-state index in [2.05, 4.69) is 32.8 Å². The van der Waals surface area contributed by atoms with Gasteiger partial charge >= 0.3 is 5.97 Å². The fraction of sp³-hybridized carbons (Fsp3) is 0.974. The normalized spacial score (nSPS) is 14.3. The number of carbonyl (C=O) groups is 1. The van der Waals surface area contributed by atoms with Gasteiger partial charge in [-0.15, -0.1) is 0 Å². The number of esters is 1. The van der Waals surface area contributed by atoms with Crippen LogP contribution in [0.3, 0.4) is 0 Å². The van der Waals surface area contributed by atoms with Crippen molar-refractivity contribution >= 4 is 5.97 Å². The SMILES string of the molecule is CCCCCCCCCCC(CCCCCCCCCC)CCCCC1(CCCC(=O)OCCCCN(C)C)CC1. The molecule has 0 aliphatic heterocycles. The Kier molecular flexibility index (Phi) is 25.3. The van der Waals surface area contributed by atoms with Gasteiger partial charge in [-0.1, -0.05) is 149 Å². The van der Waals surface area contributed by atoms with Crippen LogP contribution < -0.4 is 0 Å². The Morgan fingerprint density at radius 2 is 1.07 bits per heavy atom. The smallest absolute Gasteiger partial charge is 0.305 e. The molecule has 0 atom stereocenters. The molecule has 0 bridgehead atoms. The summed E-state index contributed by atoms with van der Waals surface area (Å²) in [6, 6.07) is 0. The van der Waals surface area contributed by atoms with Gasteiger partial charge in [-0.25, -0.2) is 0 Å². The van der Waals surface area contributed by atoms with Crippen molar-refractivity contribution in [3.8, 4) is 0 Å². The van der Waals surface area contributed by atoms with Crippen LogP contribution in [0.4, 0.5) is 0 Å². The average Bonchev–Trinajstić information content (AvgIpc) is 3.72. The maximum Gasteiger partial charge on any atom is 0.305 e. The van der Waals surface area contributed by atoms with Gasteiger partial charge < -0.3 is 9.64 Å². The van der Waals surface area contributed by atoms with Crippen molar-refractivity contribution in [3.05, 3.63) is 0 Å². The first-order valence-corrected chi connectivity index (χ1v) is 18.8. The summed E-state index contributed by atoms with van der Waals surface area (Å²) in [5.74, 6) is 0.994. The highest BCUT2D eigenvalue weighted by Crippen LogP contribution is 2.53. The lowest BCUT2D eigenvalue weighted by Gasteiger charge is -2.19. The number of nitrogens with zero attached hydrogens (tertiary/aromatic N) is 1. The summed E-state index contributed by atoms with van der Waals surface area (Å²) < 4.78 is 5.46. The van der Waals surface area contributed by atoms with E-state index >= 15 is 0 Å². The van der Waals surface area contributed by atoms with Crippen molar-refractivity contribution in [1.82, 2.24) is 4.90 Å². The number of ether oxygens (including phenoxy) is 1. The molecule has 0 N–H and O–H groups in total. The Morgan fingerprint density at radius 1 is 0.610 bits per heavy atom. The van der Waals surface area contributed by atoms with Crippen LogP contribution >= 0.6 is 0 Å². The molecule has 3 heteroatoms. The lowest BCUT2D eigenvalue weighted by molar-refractivity contribution is -0.144. The number of hydrogen-bond donors (Lipinski definition) is 0. The molecule has 0 amide bonds. The maximum absolute atomic E-state index is 12.1. The predicted octanol–water partition coefficient (Wildman–Crippen LogP) is 12.1. The van der Waals surface area contributed by atoms with Gasteiger partial charge in [0.1, 0.15) is 0 Å². The summed E-state index contributed by atoms with van der Waals surface area (Å²) in [5, 5.41) is 0. The number of unbranched alkanes of at least 4 members (excludes halogenated alkanes) is 16. The zero-order chi connectivity index (χ0) is 29.9. The second kappa shape index (κ2) is 27.0. The Balaban J connectivity index is 2.20. The molecule has 0 heterocycles. The van der Waals surface area contributed by atoms with Crippen molar-refractivity contribution in [2.45, 2.75) is 200 Å². The predicted molar refractivity (Wildman–Crippen MR) is 181 cm³/mol. The van der Waals surface area contributed by atoms with Crippen LogP contribution in [0.1, 0.15) is 200 Å². The quantitative estimate of drug-likeness (QED) is 0.0588. The molecule has 1 saturated carbocycles. The molecule has 3 nitrogen and oxygen atoms in total. The third-order valence-corrected chi connectivity index (χ3v) is 9.81. The van der Waals surface area contributed by atoms with Crippen LogP contribution in [0.2, 0.25) is 0 Å². The van der Waals surface area contributed by atoms with Gasteiger partial charge in [-0.3, -0.25) is 4.79 Å². The van der Waals surface area contributed by atoms with E-state index in [4.69, 9.17) is 4.74 Å². The molecule has 0 aromatic carbocycles. The second-order valence-electron chi connectivity index (χ2n) is 14.2. The summed E-state index contributed by atoms with van der Waals surface area (Å²) in [5.41, 5.74) is 0.580. The number of rotatable bonds is 32. The van der Waals surface area contributed by atoms with Gasteiger partial charge in [0.2, 0.25) is 0 Å². The van der Waals surface area contributed by atoms with Crippen molar-refractivity contribution in [2.75, 3.05) is 27.2 Å². The lowest BCUT2D eigenvalue weighted by Crippen LogP contribution is -2.14. The van der Waals surface area contributed by atoms with Gasteiger partial charge in [0, 0.05) is 6.42 Å². The van der Waals surface area contributed by atoms with E-state index in [1.165, 1.54) is 161 Å². The minimum atomic E-state index is 0.0235. The van der Waals surface area contributed by atoms with Crippen LogP contribution in [-0.2, 0) is 9.53 Å². The van der Waals surface area contributed by atoms with E-state index in [0.29, 0.717) is 18.4 Å². The largest absolute Gasteiger partial charge is 0.466 e. The molecule has 0 aromatic heterocycles. The first-order chi connectivity index (χ1) is 20.0. The first kappa shape index (κ1) is 38.5. The van der Waals surface area contributed by atoms with E-state index < -0.39 is 0 Å². The zero-order valence-electron chi connectivity index (χ0n) is 28.8. The topological polar surface area (TPSA) is 29.5 Å². The minimum Gasteiger partial charge on any atom is -0.466 e. The summed E-state index contributed by atoms with van der Waals surface area (Å²) in [6.45, 7) is 6.29. The van der Waals surface area contributed by atoms with Crippen LogP contribution in [-0.4, -0.2) is 38.1 Å². The van der Waals surface area contributed by atoms with Crippen molar-refractivity contribution in [2.24, 2.45) is 11.3 Å². The molecule has 1 rings (SSSR count). The van der Waals surface area contributed by atoms with E-state index in [0.717, 1.165) is 31.7 Å². The molecule has 244 valence electrons. The van der Waals surface area contributed by atoms with E-state index in [1.807, 2.05) is 0 Å². The van der Waals surface area contributed by atoms with E-state index in [-0.39, 0.29) is 5.97 Å². The van der Waals surface area contributed by atoms with Crippen LogP contribution in [0, 0.1) is 11.3 Å². The highest BCUT2D eigenvalue weighted by molar-refractivity contribution is 5.69. The molecule has 0 aromatic rings. The highest BCUT2D eigenvalue weighted by atomic mass is 16.5. The van der Waals surface area contributed by atoms with Gasteiger partial charge in [-0.2, -0.15) is 0 Å². The first-order valence-electron chi connectivity index (χ1n) is 18.8. The molecule has 0 unspecified atom stereocenters. The molecule has 1 fully saturated rings. The Hall–Kier alpha value is -0.570. The third-order valence-electron chi connectivity index (χ3n) is 9.81. The monoisotopic (exact) mass is 578 g/mol. The summed E-state index contributed by atoms with van der Waals surface area (Å²) in [7, 11) is 4.18. The van der Waals surface area contributed by atoms with Crippen molar-refractivity contribution in [3.63, 3.8) is 0 Å². The Labute approximate surface area is 258 Å². The molecule has 0 radical (unpaired) electrons. The third kappa shape index (κ3) is 24.6. The average molecular weight is 578 g/mol. The Bertz CT molecular complexity index is 551. The van der Waals surface area contributed by atoms with Gasteiger partial charge in [0.25, 0.3) is 0 Å². The fourth-order valence-corrected chi connectivity index (χ4v) is 6.70. The number of carbonyl (C=O) groups excluding carboxylic acids is 1. The van der Waals surface area contributed by atoms with Gasteiger partial charge in [0.05, 0.1) is 6.61 Å². The van der Waals surface area contributed by atoms with E-state index in [1.54, 1.807) is 0 Å². The lowest BCUT2D eigenvalue weighted by atomic mass is 9.87. The maximum atomic E-state index is 12.1. The van der Waals surface area contributed by atoms with Crippen LogP contribution in [0.25, 0.3) is 0 Å². The highest BCUT2D eigenvalue weighted by Gasteiger charge is 2.40. The van der Waals surface area contributed by atoms with Gasteiger partial charge in [0.15, 0.2) is 0 Å².